The van der Waals surface area contributed by atoms with Crippen LogP contribution in [0.25, 0.3) is 5.76 Å². The molecule has 31 heavy (non-hydrogen) atoms. The van der Waals surface area contributed by atoms with Gasteiger partial charge in [0.2, 0.25) is 5.75 Å². The second-order valence-corrected chi connectivity index (χ2v) is 7.12. The number of benzene rings is 2. The fraction of sp³-hybridized carbons (Fsp3) is 0.273. The first kappa shape index (κ1) is 22.5. The van der Waals surface area contributed by atoms with Crippen LogP contribution >= 0.6 is 11.6 Å². The molecule has 2 N–H and O–H groups in total. The smallest absolute Gasteiger partial charge is 0.295 e. The molecule has 1 atom stereocenters. The fourth-order valence-electron chi connectivity index (χ4n) is 3.59. The number of β-amino-alcohol motifs (C(OH)–C–C–N with tert-alkyl or cyclic N) is 1. The Bertz CT molecular complexity index is 1010. The lowest BCUT2D eigenvalue weighted by atomic mass is 9.94. The third kappa shape index (κ3) is 4.04. The Labute approximate surface area is 184 Å². The number of carbonyl (C=O) groups excluding carboxylic acids is 2. The third-order valence-electron chi connectivity index (χ3n) is 5.00. The van der Waals surface area contributed by atoms with Gasteiger partial charge >= 0.3 is 0 Å². The summed E-state index contributed by atoms with van der Waals surface area (Å²) in [5, 5.41) is 20.9. The van der Waals surface area contributed by atoms with Gasteiger partial charge in [-0.25, -0.2) is 0 Å². The Morgan fingerprint density at radius 1 is 1.03 bits per heavy atom. The van der Waals surface area contributed by atoms with Crippen LogP contribution in [0.3, 0.4) is 0 Å². The lowest BCUT2D eigenvalue weighted by molar-refractivity contribution is -0.140. The summed E-state index contributed by atoms with van der Waals surface area (Å²) in [5.74, 6) is -1.07. The summed E-state index contributed by atoms with van der Waals surface area (Å²) in [7, 11) is 4.34. The van der Waals surface area contributed by atoms with Crippen LogP contribution in [0, 0.1) is 0 Å². The van der Waals surface area contributed by atoms with Crippen molar-refractivity contribution >= 4 is 29.1 Å². The van der Waals surface area contributed by atoms with Crippen LogP contribution in [0.15, 0.2) is 42.0 Å². The van der Waals surface area contributed by atoms with Crippen LogP contribution in [-0.2, 0) is 9.59 Å². The molecule has 0 radical (unpaired) electrons. The summed E-state index contributed by atoms with van der Waals surface area (Å²) in [5.41, 5.74) is 0.650. The van der Waals surface area contributed by atoms with Gasteiger partial charge in [0.05, 0.1) is 39.6 Å². The molecule has 8 nitrogen and oxygen atoms in total. The van der Waals surface area contributed by atoms with Gasteiger partial charge in [0.1, 0.15) is 5.76 Å². The average molecular weight is 448 g/mol. The molecule has 0 unspecified atom stereocenters. The monoisotopic (exact) mass is 447 g/mol. The molecule has 1 fully saturated rings. The number of Topliss-reactive ketones (excluding diaryl/α,β-unsaturated/α-hetero) is 1. The van der Waals surface area contributed by atoms with E-state index in [9.17, 15) is 19.8 Å². The van der Waals surface area contributed by atoms with Crippen molar-refractivity contribution in [2.45, 2.75) is 6.04 Å². The van der Waals surface area contributed by atoms with E-state index in [0.717, 1.165) is 0 Å². The first-order chi connectivity index (χ1) is 14.9. The number of rotatable bonds is 7. The zero-order valence-corrected chi connectivity index (χ0v) is 18.0. The molecule has 0 bridgehead atoms. The summed E-state index contributed by atoms with van der Waals surface area (Å²) in [4.78, 5) is 26.8. The van der Waals surface area contributed by atoms with Crippen molar-refractivity contribution in [3.63, 3.8) is 0 Å². The van der Waals surface area contributed by atoms with E-state index in [1.165, 1.54) is 26.2 Å². The highest BCUT2D eigenvalue weighted by atomic mass is 35.5. The second-order valence-electron chi connectivity index (χ2n) is 6.68. The van der Waals surface area contributed by atoms with E-state index in [1.54, 1.807) is 36.4 Å². The average Bonchev–Trinajstić information content (AvgIpc) is 3.03. The molecule has 0 spiro atoms. The standard InChI is InChI=1S/C22H22ClNO7/c1-29-15-10-13(11-16(30-2)21(15)31-3)18-17(20(27)22(28)24(18)8-9-25)19(26)12-4-6-14(23)7-5-12/h4-7,10-11,18,25-26H,8-9H2,1-3H3/b19-17+/t18-/m0/s1. The van der Waals surface area contributed by atoms with E-state index in [-0.39, 0.29) is 24.5 Å². The Morgan fingerprint density at radius 2 is 1.61 bits per heavy atom. The zero-order chi connectivity index (χ0) is 22.7. The van der Waals surface area contributed by atoms with Crippen molar-refractivity contribution in [1.82, 2.24) is 4.90 Å². The fourth-order valence-corrected chi connectivity index (χ4v) is 3.71. The number of carbonyl (C=O) groups is 2. The predicted octanol–water partition coefficient (Wildman–Crippen LogP) is 2.78. The number of aliphatic hydroxyl groups is 2. The summed E-state index contributed by atoms with van der Waals surface area (Å²) >= 11 is 5.92. The van der Waals surface area contributed by atoms with Gasteiger partial charge in [0.25, 0.3) is 11.7 Å². The molecule has 164 valence electrons. The number of halogens is 1. The van der Waals surface area contributed by atoms with Gasteiger partial charge in [-0.2, -0.15) is 0 Å². The van der Waals surface area contributed by atoms with Crippen molar-refractivity contribution in [2.24, 2.45) is 0 Å². The van der Waals surface area contributed by atoms with Crippen molar-refractivity contribution in [3.05, 3.63) is 58.1 Å². The topological polar surface area (TPSA) is 106 Å². The van der Waals surface area contributed by atoms with Gasteiger partial charge in [-0.1, -0.05) is 11.6 Å². The number of hydrogen-bond donors (Lipinski definition) is 2. The number of ketones is 1. The van der Waals surface area contributed by atoms with Crippen LogP contribution in [0.5, 0.6) is 17.2 Å². The Balaban J connectivity index is 2.26. The number of ether oxygens (including phenoxy) is 3. The van der Waals surface area contributed by atoms with E-state index in [1.807, 2.05) is 0 Å². The summed E-state index contributed by atoms with van der Waals surface area (Å²) in [6.45, 7) is -0.474. The Hall–Kier alpha value is -3.23. The summed E-state index contributed by atoms with van der Waals surface area (Å²) in [6.07, 6.45) is 0. The van der Waals surface area contributed by atoms with Gasteiger partial charge in [0, 0.05) is 17.1 Å². The molecular formula is C22H22ClNO7. The van der Waals surface area contributed by atoms with E-state index < -0.39 is 17.7 Å². The largest absolute Gasteiger partial charge is 0.507 e. The molecule has 0 aliphatic carbocycles. The van der Waals surface area contributed by atoms with Crippen LogP contribution in [0.2, 0.25) is 5.02 Å². The number of likely N-dealkylation sites (tertiary alicyclic amines) is 1. The van der Waals surface area contributed by atoms with Crippen LogP contribution in [-0.4, -0.2) is 61.3 Å². The maximum Gasteiger partial charge on any atom is 0.295 e. The lowest BCUT2D eigenvalue weighted by Crippen LogP contribution is -2.32. The minimum atomic E-state index is -0.975. The number of nitrogens with zero attached hydrogens (tertiary/aromatic N) is 1. The molecule has 1 aliphatic rings. The first-order valence-corrected chi connectivity index (χ1v) is 9.70. The highest BCUT2D eigenvalue weighted by molar-refractivity contribution is 6.46. The highest BCUT2D eigenvalue weighted by Gasteiger charge is 2.46. The SMILES string of the molecule is COc1cc([C@H]2/C(=C(\O)c3ccc(Cl)cc3)C(=O)C(=O)N2CCO)cc(OC)c1OC. The minimum Gasteiger partial charge on any atom is -0.507 e. The molecular weight excluding hydrogens is 426 g/mol. The number of methoxy groups -OCH3 is 3. The normalized spacial score (nSPS) is 17.7. The van der Waals surface area contributed by atoms with Gasteiger partial charge in [0.15, 0.2) is 11.5 Å². The third-order valence-corrected chi connectivity index (χ3v) is 5.25. The van der Waals surface area contributed by atoms with Crippen molar-refractivity contribution in [3.8, 4) is 17.2 Å². The van der Waals surface area contributed by atoms with Crippen molar-refractivity contribution in [1.29, 1.82) is 0 Å². The van der Waals surface area contributed by atoms with E-state index in [0.29, 0.717) is 33.4 Å². The second kappa shape index (κ2) is 9.28. The van der Waals surface area contributed by atoms with E-state index in [2.05, 4.69) is 0 Å². The van der Waals surface area contributed by atoms with Gasteiger partial charge in [-0.3, -0.25) is 9.59 Å². The number of amides is 1. The van der Waals surface area contributed by atoms with Crippen LogP contribution in [0.1, 0.15) is 17.2 Å². The molecule has 0 aromatic heterocycles. The van der Waals surface area contributed by atoms with Gasteiger partial charge in [-0.15, -0.1) is 0 Å². The molecule has 0 saturated carbocycles. The number of aliphatic hydroxyl groups excluding tert-OH is 2. The Morgan fingerprint density at radius 3 is 2.10 bits per heavy atom. The molecule has 1 aliphatic heterocycles. The van der Waals surface area contributed by atoms with Crippen LogP contribution in [0.4, 0.5) is 0 Å². The zero-order valence-electron chi connectivity index (χ0n) is 17.2. The molecule has 3 rings (SSSR count). The van der Waals surface area contributed by atoms with Crippen molar-refractivity contribution < 1.29 is 34.0 Å². The maximum atomic E-state index is 12.9. The predicted molar refractivity (Wildman–Crippen MR) is 114 cm³/mol. The summed E-state index contributed by atoms with van der Waals surface area (Å²) in [6, 6.07) is 8.43. The molecule has 1 amide bonds. The van der Waals surface area contributed by atoms with Gasteiger partial charge < -0.3 is 29.3 Å². The lowest BCUT2D eigenvalue weighted by Gasteiger charge is -2.26. The summed E-state index contributed by atoms with van der Waals surface area (Å²) < 4.78 is 16.1. The molecule has 1 saturated heterocycles. The first-order valence-electron chi connectivity index (χ1n) is 9.33. The molecule has 2 aromatic carbocycles. The van der Waals surface area contributed by atoms with Crippen molar-refractivity contribution in [2.75, 3.05) is 34.5 Å². The van der Waals surface area contributed by atoms with Gasteiger partial charge in [-0.05, 0) is 42.0 Å². The highest BCUT2D eigenvalue weighted by Crippen LogP contribution is 2.45. The van der Waals surface area contributed by atoms with E-state index >= 15 is 0 Å². The molecule has 1 heterocycles. The Kier molecular flexibility index (Phi) is 6.72. The quantitative estimate of drug-likeness (QED) is 0.382. The van der Waals surface area contributed by atoms with E-state index in [4.69, 9.17) is 25.8 Å². The number of hydrogen-bond acceptors (Lipinski definition) is 7. The van der Waals surface area contributed by atoms with Crippen LogP contribution < -0.4 is 14.2 Å². The molecule has 9 heteroatoms. The molecule has 2 aromatic rings. The minimum absolute atomic E-state index is 0.108. The maximum absolute atomic E-state index is 12.9.